The lowest BCUT2D eigenvalue weighted by Crippen LogP contribution is -2.29. The highest BCUT2D eigenvalue weighted by molar-refractivity contribution is 9.10. The van der Waals surface area contributed by atoms with Gasteiger partial charge >= 0.3 is 0 Å². The molecule has 0 saturated heterocycles. The van der Waals surface area contributed by atoms with E-state index in [1.165, 1.54) is 0 Å². The van der Waals surface area contributed by atoms with Crippen LogP contribution in [-0.2, 0) is 0 Å². The summed E-state index contributed by atoms with van der Waals surface area (Å²) >= 11 is 11.1. The number of nitrogens with two attached hydrogens (primary N) is 1. The standard InChI is InChI=1S/C14H16BrClN2OS/c1-18(9-4-3-5-10(6-9)19-2)12(8-17)13-7-11(15)14(16)20-13/h3-7,12H,8,17H2,1-2H3. The first kappa shape index (κ1) is 15.6. The molecule has 1 unspecified atom stereocenters. The molecule has 0 bridgehead atoms. The Morgan fingerprint density at radius 2 is 2.20 bits per heavy atom. The Labute approximate surface area is 136 Å². The van der Waals surface area contributed by atoms with Crippen LogP contribution in [-0.4, -0.2) is 20.7 Å². The Balaban J connectivity index is 2.30. The van der Waals surface area contributed by atoms with E-state index in [0.29, 0.717) is 6.54 Å². The summed E-state index contributed by atoms with van der Waals surface area (Å²) in [6.45, 7) is 0.511. The van der Waals surface area contributed by atoms with Gasteiger partial charge in [0.1, 0.15) is 10.1 Å². The van der Waals surface area contributed by atoms with Gasteiger partial charge in [-0.2, -0.15) is 0 Å². The molecule has 1 heterocycles. The topological polar surface area (TPSA) is 38.5 Å². The second-order valence-electron chi connectivity index (χ2n) is 4.33. The van der Waals surface area contributed by atoms with Crippen molar-refractivity contribution >= 4 is 44.6 Å². The smallest absolute Gasteiger partial charge is 0.120 e. The van der Waals surface area contributed by atoms with E-state index in [1.807, 2.05) is 37.4 Å². The molecule has 0 aliphatic heterocycles. The lowest BCUT2D eigenvalue weighted by atomic mass is 10.2. The quantitative estimate of drug-likeness (QED) is 0.846. The van der Waals surface area contributed by atoms with Crippen LogP contribution in [0.5, 0.6) is 5.75 Å². The molecule has 1 atom stereocenters. The second kappa shape index (κ2) is 6.80. The van der Waals surface area contributed by atoms with Gasteiger partial charge < -0.3 is 15.4 Å². The zero-order chi connectivity index (χ0) is 14.7. The van der Waals surface area contributed by atoms with Gasteiger partial charge in [0.25, 0.3) is 0 Å². The van der Waals surface area contributed by atoms with Crippen LogP contribution in [0.3, 0.4) is 0 Å². The van der Waals surface area contributed by atoms with E-state index in [9.17, 15) is 0 Å². The van der Waals surface area contributed by atoms with Gasteiger partial charge in [0.15, 0.2) is 0 Å². The molecule has 0 aliphatic rings. The summed E-state index contributed by atoms with van der Waals surface area (Å²) in [5.41, 5.74) is 7.00. The van der Waals surface area contributed by atoms with Gasteiger partial charge in [-0.3, -0.25) is 0 Å². The highest BCUT2D eigenvalue weighted by Gasteiger charge is 2.20. The van der Waals surface area contributed by atoms with Crippen molar-refractivity contribution in [2.45, 2.75) is 6.04 Å². The predicted molar refractivity (Wildman–Crippen MR) is 90.2 cm³/mol. The lowest BCUT2D eigenvalue weighted by molar-refractivity contribution is 0.414. The number of halogens is 2. The third-order valence-corrected chi connectivity index (χ3v) is 5.72. The molecule has 108 valence electrons. The molecule has 0 fully saturated rings. The van der Waals surface area contributed by atoms with Crippen LogP contribution in [0.2, 0.25) is 4.34 Å². The van der Waals surface area contributed by atoms with Crippen LogP contribution >= 0.6 is 38.9 Å². The van der Waals surface area contributed by atoms with Crippen molar-refractivity contribution in [3.05, 3.63) is 44.0 Å². The molecular formula is C14H16BrClN2OS. The third-order valence-electron chi connectivity index (χ3n) is 3.14. The molecule has 6 heteroatoms. The van der Waals surface area contributed by atoms with Crippen LogP contribution in [0.15, 0.2) is 34.8 Å². The summed E-state index contributed by atoms with van der Waals surface area (Å²) in [5, 5.41) is 0. The normalized spacial score (nSPS) is 12.2. The van der Waals surface area contributed by atoms with Crippen molar-refractivity contribution in [2.24, 2.45) is 5.73 Å². The minimum Gasteiger partial charge on any atom is -0.497 e. The number of rotatable bonds is 5. The molecule has 0 saturated carbocycles. The first-order valence-electron chi connectivity index (χ1n) is 6.08. The minimum atomic E-state index is 0.0795. The fourth-order valence-corrected chi connectivity index (χ4v) is 3.90. The summed E-state index contributed by atoms with van der Waals surface area (Å²) in [5.74, 6) is 0.829. The highest BCUT2D eigenvalue weighted by Crippen LogP contribution is 2.38. The van der Waals surface area contributed by atoms with Crippen molar-refractivity contribution in [1.29, 1.82) is 0 Å². The second-order valence-corrected chi connectivity index (χ2v) is 6.87. The van der Waals surface area contributed by atoms with Crippen molar-refractivity contribution in [2.75, 3.05) is 25.6 Å². The summed E-state index contributed by atoms with van der Waals surface area (Å²) in [6, 6.07) is 10.0. The molecule has 2 N–H and O–H groups in total. The highest BCUT2D eigenvalue weighted by atomic mass is 79.9. The van der Waals surface area contributed by atoms with E-state index in [4.69, 9.17) is 22.1 Å². The Kier molecular flexibility index (Phi) is 5.32. The third kappa shape index (κ3) is 3.28. The summed E-state index contributed by atoms with van der Waals surface area (Å²) in [7, 11) is 3.68. The van der Waals surface area contributed by atoms with Gasteiger partial charge in [-0.15, -0.1) is 11.3 Å². The maximum Gasteiger partial charge on any atom is 0.120 e. The SMILES string of the molecule is COc1cccc(N(C)C(CN)c2cc(Br)c(Cl)s2)c1. The summed E-state index contributed by atoms with van der Waals surface area (Å²) in [6.07, 6.45) is 0. The monoisotopic (exact) mass is 374 g/mol. The Morgan fingerprint density at radius 1 is 1.45 bits per heavy atom. The maximum atomic E-state index is 6.12. The average Bonchev–Trinajstić information content (AvgIpc) is 2.79. The molecule has 2 aromatic rings. The van der Waals surface area contributed by atoms with E-state index in [2.05, 4.69) is 20.8 Å². The molecule has 0 spiro atoms. The Morgan fingerprint density at radius 3 is 2.75 bits per heavy atom. The maximum absolute atomic E-state index is 6.12. The fourth-order valence-electron chi connectivity index (χ4n) is 2.00. The van der Waals surface area contributed by atoms with Crippen LogP contribution in [0, 0.1) is 0 Å². The zero-order valence-electron chi connectivity index (χ0n) is 11.3. The molecule has 1 aromatic carbocycles. The van der Waals surface area contributed by atoms with Crippen LogP contribution in [0.25, 0.3) is 0 Å². The van der Waals surface area contributed by atoms with E-state index in [-0.39, 0.29) is 6.04 Å². The number of hydrogen-bond donors (Lipinski definition) is 1. The van der Waals surface area contributed by atoms with Gasteiger partial charge in [-0.05, 0) is 34.1 Å². The minimum absolute atomic E-state index is 0.0795. The number of hydrogen-bond acceptors (Lipinski definition) is 4. The zero-order valence-corrected chi connectivity index (χ0v) is 14.4. The molecule has 0 aliphatic carbocycles. The predicted octanol–water partition coefficient (Wildman–Crippen LogP) is 4.31. The Bertz CT molecular complexity index is 571. The van der Waals surface area contributed by atoms with Gasteiger partial charge in [0, 0.05) is 34.7 Å². The molecular weight excluding hydrogens is 360 g/mol. The lowest BCUT2D eigenvalue weighted by Gasteiger charge is -2.28. The van der Waals surface area contributed by atoms with Gasteiger partial charge in [-0.25, -0.2) is 0 Å². The molecule has 3 nitrogen and oxygen atoms in total. The number of likely N-dealkylation sites (N-methyl/N-ethyl adjacent to an activating group) is 1. The van der Waals surface area contributed by atoms with Crippen LogP contribution < -0.4 is 15.4 Å². The van der Waals surface area contributed by atoms with E-state index >= 15 is 0 Å². The van der Waals surface area contributed by atoms with Gasteiger partial charge in [0.2, 0.25) is 0 Å². The first-order valence-corrected chi connectivity index (χ1v) is 8.07. The van der Waals surface area contributed by atoms with Crippen molar-refractivity contribution < 1.29 is 4.74 Å². The molecule has 2 rings (SSSR count). The molecule has 20 heavy (non-hydrogen) atoms. The van der Waals surface area contributed by atoms with Crippen LogP contribution in [0.4, 0.5) is 5.69 Å². The first-order chi connectivity index (χ1) is 9.56. The van der Waals surface area contributed by atoms with Crippen molar-refractivity contribution in [1.82, 2.24) is 0 Å². The summed E-state index contributed by atoms with van der Waals surface area (Å²) < 4.78 is 6.92. The van der Waals surface area contributed by atoms with Gasteiger partial charge in [0.05, 0.1) is 13.2 Å². The summed E-state index contributed by atoms with van der Waals surface area (Å²) in [4.78, 5) is 3.27. The number of methoxy groups -OCH3 is 1. The van der Waals surface area contributed by atoms with Gasteiger partial charge in [-0.1, -0.05) is 17.7 Å². The number of nitrogens with zero attached hydrogens (tertiary/aromatic N) is 1. The number of thiophene rings is 1. The van der Waals surface area contributed by atoms with E-state index in [1.54, 1.807) is 18.4 Å². The number of benzene rings is 1. The van der Waals surface area contributed by atoms with Crippen molar-refractivity contribution in [3.63, 3.8) is 0 Å². The molecule has 1 aromatic heterocycles. The Hall–Kier alpha value is -0.750. The molecule has 0 amide bonds. The largest absolute Gasteiger partial charge is 0.497 e. The number of ether oxygens (including phenoxy) is 1. The van der Waals surface area contributed by atoms with E-state index in [0.717, 1.165) is 25.1 Å². The number of anilines is 1. The average molecular weight is 376 g/mol. The van der Waals surface area contributed by atoms with E-state index < -0.39 is 0 Å². The molecule has 0 radical (unpaired) electrons. The van der Waals surface area contributed by atoms with Crippen molar-refractivity contribution in [3.8, 4) is 5.75 Å². The van der Waals surface area contributed by atoms with Crippen LogP contribution in [0.1, 0.15) is 10.9 Å². The fraction of sp³-hybridized carbons (Fsp3) is 0.286.